The summed E-state index contributed by atoms with van der Waals surface area (Å²) in [5.41, 5.74) is 14.4. The van der Waals surface area contributed by atoms with Gasteiger partial charge in [0, 0.05) is 124 Å². The number of carbonyl (C=O) groups is 14. The maximum atomic E-state index is 13.0. The standard InChI is InChI=1S/C32H46N6O6.C27H40N6O2.C9H8N2O7.C8H9NO7.C4H8O3/c1-20-28(33-19-26(30(40)44-32(3,4)5)37-31(41)43-18-15-27(39)42-6)34-21(2)35-29(20)38-16-13-23(14-17-38)25-12-11-22-9-7-8-10-24(22)36-25;1-17-24(29-16-21(28)26(34)35-27(3,4)5)30-18(2)31-25(17)33-14-12-20(13-15-33)23-11-10-19-8-6-7-9-22(19)32-23;12-5-1-2-6(13)10(5)17-9(16)18-11-7(14)3-4-8(11)15;1-14-7(12)4-15-8(13)16-9-5(10)2-3-6(9)11;1-7-4(6)2-3-5/h11-12,23,26H,7-10,13-19H2,1-6H3,(H,37,41)(H,33,34,35);10-11,20-21H,6-9,12-16,28H2,1-5H3,(H,29,30,31);1-4H2;2-4H2,1H3;5H,2-3H2,1H3/t26-;21-;;;/m00.../s1. The number of ether oxygens (including phenoxy) is 7. The summed E-state index contributed by atoms with van der Waals surface area (Å²) in [4.78, 5) is 205. The van der Waals surface area contributed by atoms with E-state index in [0.29, 0.717) is 40.2 Å². The third-order valence-corrected chi connectivity index (χ3v) is 19.3. The highest BCUT2D eigenvalue weighted by Gasteiger charge is 2.39. The lowest BCUT2D eigenvalue weighted by Crippen LogP contribution is -2.48. The molecule has 5 aliphatic heterocycles. The van der Waals surface area contributed by atoms with Crippen LogP contribution in [-0.4, -0.2) is 238 Å². The summed E-state index contributed by atoms with van der Waals surface area (Å²) in [6.07, 6.45) is 9.70. The normalized spacial score (nSPS) is 16.4. The number of alkyl carbamates (subject to hydrolysis) is 1. The van der Waals surface area contributed by atoms with E-state index >= 15 is 0 Å². The molecule has 656 valence electrons. The van der Waals surface area contributed by atoms with Crippen LogP contribution in [0.15, 0.2) is 24.3 Å². The fraction of sp³-hybridized carbons (Fsp3) is 0.600. The highest BCUT2D eigenvalue weighted by atomic mass is 16.9. The molecule has 40 nitrogen and oxygen atoms in total. The molecule has 5 saturated heterocycles. The van der Waals surface area contributed by atoms with E-state index in [1.165, 1.54) is 80.2 Å². The first-order valence-electron chi connectivity index (χ1n) is 39.8. The van der Waals surface area contributed by atoms with Crippen molar-refractivity contribution in [3.63, 3.8) is 0 Å². The molecule has 0 bridgehead atoms. The van der Waals surface area contributed by atoms with Crippen molar-refractivity contribution in [2.75, 3.05) is 101 Å². The first-order chi connectivity index (χ1) is 56.9. The Hall–Kier alpha value is -11.8. The lowest BCUT2D eigenvalue weighted by atomic mass is 9.90. The Balaban J connectivity index is 0.000000230. The highest BCUT2D eigenvalue weighted by molar-refractivity contribution is 6.03. The number of piperidine rings is 2. The largest absolute Gasteiger partial charge is 0.560 e. The molecule has 2 atom stereocenters. The number of nitrogens with two attached hydrogens (primary N) is 1. The zero-order valence-electron chi connectivity index (χ0n) is 70.4. The number of imide groups is 3. The number of pyridine rings is 2. The topological polar surface area (TPSA) is 507 Å². The molecule has 0 unspecified atom stereocenters. The van der Waals surface area contributed by atoms with Crippen molar-refractivity contribution in [3.05, 3.63) is 80.9 Å². The van der Waals surface area contributed by atoms with E-state index < -0.39 is 108 Å². The monoisotopic (exact) mass is 1680 g/mol. The number of hydrogen-bond donors (Lipinski definition) is 5. The first kappa shape index (κ1) is 95.3. The fourth-order valence-electron chi connectivity index (χ4n) is 13.2. The molecule has 40 heteroatoms. The van der Waals surface area contributed by atoms with Gasteiger partial charge in [0.2, 0.25) is 0 Å². The predicted molar refractivity (Wildman–Crippen MR) is 424 cm³/mol. The molecule has 7 aliphatic rings. The number of aliphatic hydroxyl groups is 1. The number of aliphatic hydroxyl groups excluding tert-OH is 1. The molecule has 9 heterocycles. The van der Waals surface area contributed by atoms with Gasteiger partial charge in [0.15, 0.2) is 6.61 Å². The third kappa shape index (κ3) is 29.6. The van der Waals surface area contributed by atoms with E-state index in [9.17, 15) is 67.1 Å². The van der Waals surface area contributed by atoms with Crippen LogP contribution in [0.25, 0.3) is 0 Å². The van der Waals surface area contributed by atoms with Crippen molar-refractivity contribution in [3.8, 4) is 0 Å². The molecule has 0 spiro atoms. The summed E-state index contributed by atoms with van der Waals surface area (Å²) in [7, 11) is 3.66. The number of methoxy groups -OCH3 is 3. The number of carbonyl (C=O) groups excluding carboxylic acids is 14. The SMILES string of the molecule is COC(=O)CCO.COC(=O)CCOC(=O)N[C@@H](CNc1nc(C)nc(N2CCC(c3ccc4c(n3)CCCC4)CC2)c1C)C(=O)OC(C)(C)C.COC(=O)COC(=O)ON1C(=O)CCC1=O.Cc1nc(NC[C@H](N)C(=O)OC(C)(C)C)c(C)c(N2CCC(c3ccc4c(n3)CCCC4)CC2)n1.O=C(ON1C(=O)CCC1=O)ON1C(=O)CCC1=O. The summed E-state index contributed by atoms with van der Waals surface area (Å²) in [5, 5.41) is 17.9. The van der Waals surface area contributed by atoms with Crippen LogP contribution in [0.5, 0.6) is 0 Å². The van der Waals surface area contributed by atoms with Crippen LogP contribution >= 0.6 is 0 Å². The Morgan fingerprint density at radius 3 is 1.26 bits per heavy atom. The number of aromatic nitrogens is 6. The van der Waals surface area contributed by atoms with Crippen LogP contribution in [0.2, 0.25) is 0 Å². The fourth-order valence-corrected chi connectivity index (χ4v) is 13.2. The van der Waals surface area contributed by atoms with Gasteiger partial charge in [-0.1, -0.05) is 27.3 Å². The minimum atomic E-state index is -1.48. The number of nitrogens with one attached hydrogen (secondary N) is 3. The van der Waals surface area contributed by atoms with E-state index in [1.54, 1.807) is 20.8 Å². The summed E-state index contributed by atoms with van der Waals surface area (Å²) < 4.78 is 33.2. The van der Waals surface area contributed by atoms with Crippen LogP contribution < -0.4 is 31.5 Å². The number of rotatable bonds is 23. The van der Waals surface area contributed by atoms with E-state index in [0.717, 1.165) is 101 Å². The van der Waals surface area contributed by atoms with Gasteiger partial charge in [-0.25, -0.2) is 39.1 Å². The van der Waals surface area contributed by atoms with Gasteiger partial charge in [0.1, 0.15) is 64.8 Å². The van der Waals surface area contributed by atoms with Gasteiger partial charge in [-0.3, -0.25) is 67.6 Å². The smallest absolute Gasteiger partial charge is 0.469 e. The Kier molecular flexibility index (Phi) is 36.0. The van der Waals surface area contributed by atoms with Crippen molar-refractivity contribution < 1.29 is 120 Å². The van der Waals surface area contributed by atoms with E-state index in [2.05, 4.69) is 93.4 Å². The minimum absolute atomic E-state index is 0.00379. The maximum absolute atomic E-state index is 13.0. The van der Waals surface area contributed by atoms with Gasteiger partial charge in [0.05, 0.1) is 40.8 Å². The van der Waals surface area contributed by atoms with Crippen LogP contribution in [-0.2, 0) is 126 Å². The Morgan fingerprint density at radius 1 is 0.483 bits per heavy atom. The Labute approximate surface area is 694 Å². The summed E-state index contributed by atoms with van der Waals surface area (Å²) in [5.74, 6) is -1.42. The van der Waals surface area contributed by atoms with Gasteiger partial charge in [-0.15, -0.1) is 0 Å². The van der Waals surface area contributed by atoms with Gasteiger partial charge >= 0.3 is 48.3 Å². The number of esters is 5. The second-order valence-electron chi connectivity index (χ2n) is 30.8. The second kappa shape index (κ2) is 45.4. The lowest BCUT2D eigenvalue weighted by molar-refractivity contribution is -0.198. The molecular formula is C80H111N15O25. The molecule has 120 heavy (non-hydrogen) atoms. The number of anilines is 4. The predicted octanol–water partition coefficient (Wildman–Crippen LogP) is 6.18. The maximum Gasteiger partial charge on any atom is 0.560 e. The first-order valence-corrected chi connectivity index (χ1v) is 39.8. The molecule has 5 fully saturated rings. The average molecular weight is 1680 g/mol. The van der Waals surface area contributed by atoms with Gasteiger partial charge in [0.25, 0.3) is 35.4 Å². The van der Waals surface area contributed by atoms with Crippen LogP contribution in [0, 0.1) is 27.7 Å². The van der Waals surface area contributed by atoms with E-state index in [4.69, 9.17) is 45.0 Å². The van der Waals surface area contributed by atoms with Crippen LogP contribution in [0.4, 0.5) is 37.7 Å². The number of nitrogens with zero attached hydrogens (tertiary/aromatic N) is 11. The third-order valence-electron chi connectivity index (χ3n) is 19.3. The summed E-state index contributed by atoms with van der Waals surface area (Å²) >= 11 is 0. The molecule has 4 aromatic rings. The molecule has 6 N–H and O–H groups in total. The van der Waals surface area contributed by atoms with Crippen LogP contribution in [0.1, 0.15) is 213 Å². The number of amides is 7. The van der Waals surface area contributed by atoms with E-state index in [-0.39, 0.29) is 93.8 Å². The summed E-state index contributed by atoms with van der Waals surface area (Å²) in [6, 6.07) is 7.21. The molecule has 11 rings (SSSR count). The minimum Gasteiger partial charge on any atom is -0.469 e. The zero-order chi connectivity index (χ0) is 88.1. The van der Waals surface area contributed by atoms with Crippen molar-refractivity contribution in [2.45, 2.75) is 233 Å². The van der Waals surface area contributed by atoms with Gasteiger partial charge in [-0.05, 0) is 170 Å². The summed E-state index contributed by atoms with van der Waals surface area (Å²) in [6.45, 7) is 21.3. The highest BCUT2D eigenvalue weighted by Crippen LogP contribution is 2.36. The van der Waals surface area contributed by atoms with Crippen molar-refractivity contribution >= 4 is 107 Å². The van der Waals surface area contributed by atoms with Crippen LogP contribution in [0.3, 0.4) is 0 Å². The number of hydroxylamine groups is 6. The number of fused-ring (bicyclic) bond motifs is 2. The van der Waals surface area contributed by atoms with Crippen molar-refractivity contribution in [1.82, 2.24) is 50.4 Å². The van der Waals surface area contributed by atoms with Gasteiger partial charge in [-0.2, -0.15) is 4.79 Å². The second-order valence-corrected chi connectivity index (χ2v) is 30.8. The molecule has 4 aromatic heterocycles. The number of hydrogen-bond acceptors (Lipinski definition) is 36. The quantitative estimate of drug-likeness (QED) is 0.0314. The zero-order valence-corrected chi connectivity index (χ0v) is 70.4. The lowest BCUT2D eigenvalue weighted by Gasteiger charge is -2.34. The van der Waals surface area contributed by atoms with E-state index in [1.807, 2.05) is 48.5 Å². The molecule has 0 aromatic carbocycles. The Morgan fingerprint density at radius 2 is 0.867 bits per heavy atom. The van der Waals surface area contributed by atoms with Gasteiger partial charge < -0.3 is 69.7 Å². The molecule has 7 amide bonds. The molecular weight excluding hydrogens is 1570 g/mol. The molecule has 0 saturated carbocycles. The molecule has 0 radical (unpaired) electrons. The average Bonchev–Trinajstić information content (AvgIpc) is 1.52. The molecule has 2 aliphatic carbocycles. The van der Waals surface area contributed by atoms with Crippen molar-refractivity contribution in [2.24, 2.45) is 5.73 Å². The number of aryl methyl sites for hydroxylation is 6. The van der Waals surface area contributed by atoms with Crippen molar-refractivity contribution in [1.29, 1.82) is 0 Å². The Bertz CT molecular complexity index is 4260.